The summed E-state index contributed by atoms with van der Waals surface area (Å²) >= 11 is 0. The quantitative estimate of drug-likeness (QED) is 0.813. The largest absolute Gasteiger partial charge is 0.311 e. The minimum absolute atomic E-state index is 0.722. The highest BCUT2D eigenvalue weighted by Gasteiger charge is 2.25. The van der Waals surface area contributed by atoms with E-state index in [-0.39, 0.29) is 0 Å². The molecule has 0 bridgehead atoms. The number of rotatable bonds is 3. The van der Waals surface area contributed by atoms with Gasteiger partial charge in [-0.05, 0) is 71.4 Å². The molecule has 2 rings (SSSR count). The van der Waals surface area contributed by atoms with Gasteiger partial charge in [-0.15, -0.1) is 0 Å². The Morgan fingerprint density at radius 2 is 1.82 bits per heavy atom. The molecule has 1 aliphatic heterocycles. The summed E-state index contributed by atoms with van der Waals surface area (Å²) in [7, 11) is 0. The van der Waals surface area contributed by atoms with Crippen LogP contribution in [0.2, 0.25) is 0 Å². The van der Waals surface area contributed by atoms with Crippen LogP contribution in [0.4, 0.5) is 0 Å². The second-order valence-electron chi connectivity index (χ2n) is 6.54. The highest BCUT2D eigenvalue weighted by Crippen LogP contribution is 2.26. The first kappa shape index (κ1) is 13.4. The van der Waals surface area contributed by atoms with Crippen LogP contribution in [0.3, 0.4) is 0 Å². The number of hydrogen-bond acceptors (Lipinski definition) is 2. The van der Waals surface area contributed by atoms with Crippen LogP contribution in [-0.2, 0) is 0 Å². The molecule has 0 aromatic heterocycles. The molecule has 2 aliphatic rings. The molecule has 100 valence electrons. The maximum absolute atomic E-state index is 3.92. The van der Waals surface area contributed by atoms with Gasteiger partial charge in [-0.2, -0.15) is 0 Å². The third kappa shape index (κ3) is 3.96. The molecule has 3 unspecified atom stereocenters. The Hall–Kier alpha value is -0.0800. The van der Waals surface area contributed by atoms with Crippen LogP contribution in [-0.4, -0.2) is 36.1 Å². The molecule has 0 spiro atoms. The SMILES string of the molecule is CC1CCC(NC2CCCN(C(C)C)CC2)C1. The first-order chi connectivity index (χ1) is 8.15. The second kappa shape index (κ2) is 6.19. The average molecular weight is 238 g/mol. The smallest absolute Gasteiger partial charge is 0.00823 e. The Labute approximate surface area is 107 Å². The lowest BCUT2D eigenvalue weighted by Gasteiger charge is -2.25. The summed E-state index contributed by atoms with van der Waals surface area (Å²) in [5, 5.41) is 3.92. The van der Waals surface area contributed by atoms with Crippen molar-refractivity contribution in [1.29, 1.82) is 0 Å². The van der Waals surface area contributed by atoms with Gasteiger partial charge in [-0.25, -0.2) is 0 Å². The van der Waals surface area contributed by atoms with Crippen LogP contribution in [0.15, 0.2) is 0 Å². The van der Waals surface area contributed by atoms with Gasteiger partial charge in [-0.1, -0.05) is 6.92 Å². The molecular formula is C15H30N2. The van der Waals surface area contributed by atoms with E-state index < -0.39 is 0 Å². The molecule has 1 saturated carbocycles. The van der Waals surface area contributed by atoms with Gasteiger partial charge in [-0.3, -0.25) is 0 Å². The van der Waals surface area contributed by atoms with Crippen LogP contribution in [0.25, 0.3) is 0 Å². The molecule has 0 amide bonds. The molecule has 3 atom stereocenters. The fraction of sp³-hybridized carbons (Fsp3) is 1.00. The maximum atomic E-state index is 3.92. The van der Waals surface area contributed by atoms with Gasteiger partial charge in [0.25, 0.3) is 0 Å². The summed E-state index contributed by atoms with van der Waals surface area (Å²) in [6.07, 6.45) is 8.35. The Morgan fingerprint density at radius 1 is 1.00 bits per heavy atom. The minimum Gasteiger partial charge on any atom is -0.311 e. The van der Waals surface area contributed by atoms with Crippen molar-refractivity contribution in [3.05, 3.63) is 0 Å². The third-order valence-corrected chi connectivity index (χ3v) is 4.66. The van der Waals surface area contributed by atoms with Crippen molar-refractivity contribution >= 4 is 0 Å². The normalized spacial score (nSPS) is 36.4. The molecule has 0 aromatic carbocycles. The highest BCUT2D eigenvalue weighted by molar-refractivity contribution is 4.84. The average Bonchev–Trinajstić information content (AvgIpc) is 2.54. The molecule has 2 fully saturated rings. The Kier molecular flexibility index (Phi) is 4.87. The van der Waals surface area contributed by atoms with E-state index in [1.807, 2.05) is 0 Å². The lowest BCUT2D eigenvalue weighted by molar-refractivity contribution is 0.228. The fourth-order valence-electron chi connectivity index (χ4n) is 3.49. The van der Waals surface area contributed by atoms with Crippen molar-refractivity contribution in [2.75, 3.05) is 13.1 Å². The van der Waals surface area contributed by atoms with Gasteiger partial charge in [0, 0.05) is 18.1 Å². The van der Waals surface area contributed by atoms with Gasteiger partial charge in [0.1, 0.15) is 0 Å². The molecule has 1 aliphatic carbocycles. The molecule has 2 nitrogen and oxygen atoms in total. The van der Waals surface area contributed by atoms with E-state index in [9.17, 15) is 0 Å². The highest BCUT2D eigenvalue weighted by atomic mass is 15.1. The number of nitrogens with one attached hydrogen (secondary N) is 1. The summed E-state index contributed by atoms with van der Waals surface area (Å²) in [5.74, 6) is 0.949. The second-order valence-corrected chi connectivity index (χ2v) is 6.54. The van der Waals surface area contributed by atoms with Crippen molar-refractivity contribution in [3.8, 4) is 0 Å². The van der Waals surface area contributed by atoms with Crippen molar-refractivity contribution in [2.45, 2.75) is 77.4 Å². The van der Waals surface area contributed by atoms with E-state index in [4.69, 9.17) is 0 Å². The van der Waals surface area contributed by atoms with Crippen LogP contribution in [0.1, 0.15) is 59.3 Å². The summed E-state index contributed by atoms with van der Waals surface area (Å²) in [5.41, 5.74) is 0. The van der Waals surface area contributed by atoms with Gasteiger partial charge in [0.15, 0.2) is 0 Å². The summed E-state index contributed by atoms with van der Waals surface area (Å²) in [4.78, 5) is 2.64. The van der Waals surface area contributed by atoms with E-state index >= 15 is 0 Å². The zero-order valence-electron chi connectivity index (χ0n) is 11.9. The minimum atomic E-state index is 0.722. The number of nitrogens with zero attached hydrogens (tertiary/aromatic N) is 1. The van der Waals surface area contributed by atoms with Gasteiger partial charge < -0.3 is 10.2 Å². The van der Waals surface area contributed by atoms with Crippen molar-refractivity contribution in [1.82, 2.24) is 10.2 Å². The van der Waals surface area contributed by atoms with Gasteiger partial charge in [0.2, 0.25) is 0 Å². The molecule has 0 aromatic rings. The van der Waals surface area contributed by atoms with Crippen molar-refractivity contribution < 1.29 is 0 Å². The van der Waals surface area contributed by atoms with Crippen LogP contribution >= 0.6 is 0 Å². The van der Waals surface area contributed by atoms with E-state index in [1.54, 1.807) is 0 Å². The monoisotopic (exact) mass is 238 g/mol. The van der Waals surface area contributed by atoms with E-state index in [0.29, 0.717) is 0 Å². The molecular weight excluding hydrogens is 208 g/mol. The fourth-order valence-corrected chi connectivity index (χ4v) is 3.49. The first-order valence-corrected chi connectivity index (χ1v) is 7.65. The van der Waals surface area contributed by atoms with Crippen molar-refractivity contribution in [3.63, 3.8) is 0 Å². The van der Waals surface area contributed by atoms with Crippen molar-refractivity contribution in [2.24, 2.45) is 5.92 Å². The number of likely N-dealkylation sites (tertiary alicyclic amines) is 1. The summed E-state index contributed by atoms with van der Waals surface area (Å²) < 4.78 is 0. The summed E-state index contributed by atoms with van der Waals surface area (Å²) in [6, 6.07) is 2.33. The topological polar surface area (TPSA) is 15.3 Å². The first-order valence-electron chi connectivity index (χ1n) is 7.65. The zero-order chi connectivity index (χ0) is 12.3. The van der Waals surface area contributed by atoms with E-state index in [1.165, 1.54) is 51.6 Å². The lowest BCUT2D eigenvalue weighted by atomic mass is 10.1. The van der Waals surface area contributed by atoms with E-state index in [2.05, 4.69) is 31.0 Å². The molecule has 2 heteroatoms. The van der Waals surface area contributed by atoms with E-state index in [0.717, 1.165) is 24.0 Å². The Balaban J connectivity index is 1.75. The van der Waals surface area contributed by atoms with Crippen LogP contribution < -0.4 is 5.32 Å². The van der Waals surface area contributed by atoms with Gasteiger partial charge in [0.05, 0.1) is 0 Å². The molecule has 1 saturated heterocycles. The molecule has 0 radical (unpaired) electrons. The Morgan fingerprint density at radius 3 is 2.47 bits per heavy atom. The predicted molar refractivity (Wildman–Crippen MR) is 74.3 cm³/mol. The number of hydrogen-bond donors (Lipinski definition) is 1. The predicted octanol–water partition coefficient (Wildman–Crippen LogP) is 3.03. The lowest BCUT2D eigenvalue weighted by Crippen LogP contribution is -2.38. The summed E-state index contributed by atoms with van der Waals surface area (Å²) in [6.45, 7) is 9.64. The Bertz CT molecular complexity index is 227. The molecule has 1 N–H and O–H groups in total. The molecule has 17 heavy (non-hydrogen) atoms. The zero-order valence-corrected chi connectivity index (χ0v) is 11.9. The van der Waals surface area contributed by atoms with Crippen LogP contribution in [0, 0.1) is 5.92 Å². The standard InChI is InChI=1S/C15H30N2/c1-12(2)17-9-4-5-14(8-10-17)16-15-7-6-13(3)11-15/h12-16H,4-11H2,1-3H3. The van der Waals surface area contributed by atoms with Gasteiger partial charge >= 0.3 is 0 Å². The molecule has 1 heterocycles. The third-order valence-electron chi connectivity index (χ3n) is 4.66. The maximum Gasteiger partial charge on any atom is 0.00823 e. The van der Waals surface area contributed by atoms with Crippen LogP contribution in [0.5, 0.6) is 0 Å².